The van der Waals surface area contributed by atoms with Crippen molar-refractivity contribution < 1.29 is 14.3 Å². The normalized spacial score (nSPS) is 10.7. The molecule has 0 fully saturated rings. The minimum Gasteiger partial charge on any atom is -0.462 e. The molecule has 2 heterocycles. The Morgan fingerprint density at radius 3 is 2.89 bits per heavy atom. The third-order valence-corrected chi connectivity index (χ3v) is 2.60. The lowest BCUT2D eigenvalue weighted by Crippen LogP contribution is -2.05. The first-order chi connectivity index (χ1) is 9.17. The highest BCUT2D eigenvalue weighted by molar-refractivity contribution is 5.96. The second-order valence-corrected chi connectivity index (χ2v) is 3.98. The van der Waals surface area contributed by atoms with Gasteiger partial charge in [-0.2, -0.15) is 10.2 Å². The summed E-state index contributed by atoms with van der Waals surface area (Å²) < 4.78 is 11.6. The van der Waals surface area contributed by atoms with Crippen molar-refractivity contribution in [3.8, 4) is 11.3 Å². The van der Waals surface area contributed by atoms with Crippen LogP contribution in [0.25, 0.3) is 11.3 Å². The van der Waals surface area contributed by atoms with Gasteiger partial charge in [-0.15, -0.1) is 0 Å². The largest absolute Gasteiger partial charge is 0.462 e. The number of methoxy groups -OCH3 is 1. The van der Waals surface area contributed by atoms with Crippen molar-refractivity contribution in [2.75, 3.05) is 13.7 Å². The van der Waals surface area contributed by atoms with Crippen LogP contribution in [0.4, 0.5) is 0 Å². The fourth-order valence-electron chi connectivity index (χ4n) is 1.77. The Kier molecular flexibility index (Phi) is 3.96. The first kappa shape index (κ1) is 13.3. The standard InChI is InChI=1S/C12H16N4O3/c1-4-19-12(17)10-6-16(7-18-3)15-11(10)9-5-13-14-8(9)2/h5-6H,4,7H2,1-3H3,(H,13,14). The summed E-state index contributed by atoms with van der Waals surface area (Å²) in [7, 11) is 1.56. The summed E-state index contributed by atoms with van der Waals surface area (Å²) in [5.74, 6) is -0.402. The number of hydrogen-bond acceptors (Lipinski definition) is 5. The zero-order valence-electron chi connectivity index (χ0n) is 11.1. The Morgan fingerprint density at radius 1 is 1.53 bits per heavy atom. The molecule has 7 heteroatoms. The summed E-state index contributed by atoms with van der Waals surface area (Å²) in [4.78, 5) is 11.9. The molecule has 0 bridgehead atoms. The Balaban J connectivity index is 2.45. The molecular weight excluding hydrogens is 248 g/mol. The van der Waals surface area contributed by atoms with E-state index in [9.17, 15) is 4.79 Å². The third-order valence-electron chi connectivity index (χ3n) is 2.60. The average molecular weight is 264 g/mol. The SMILES string of the molecule is CCOC(=O)c1cn(COC)nc1-c1cn[nH]c1C. The van der Waals surface area contributed by atoms with Crippen molar-refractivity contribution in [3.63, 3.8) is 0 Å². The molecule has 2 aromatic rings. The highest BCUT2D eigenvalue weighted by Gasteiger charge is 2.21. The van der Waals surface area contributed by atoms with Crippen LogP contribution in [-0.4, -0.2) is 39.7 Å². The van der Waals surface area contributed by atoms with Crippen LogP contribution in [-0.2, 0) is 16.2 Å². The molecule has 0 atom stereocenters. The molecular formula is C12H16N4O3. The number of aromatic nitrogens is 4. The maximum Gasteiger partial charge on any atom is 0.341 e. The average Bonchev–Trinajstić information content (AvgIpc) is 2.96. The quantitative estimate of drug-likeness (QED) is 0.824. The minimum atomic E-state index is -0.402. The molecule has 0 aliphatic rings. The molecule has 0 aliphatic heterocycles. The molecule has 19 heavy (non-hydrogen) atoms. The van der Waals surface area contributed by atoms with E-state index >= 15 is 0 Å². The van der Waals surface area contributed by atoms with Crippen molar-refractivity contribution in [2.24, 2.45) is 0 Å². The lowest BCUT2D eigenvalue weighted by Gasteiger charge is -2.00. The first-order valence-corrected chi connectivity index (χ1v) is 5.91. The number of ether oxygens (including phenoxy) is 2. The van der Waals surface area contributed by atoms with Gasteiger partial charge >= 0.3 is 5.97 Å². The molecule has 0 aromatic carbocycles. The summed E-state index contributed by atoms with van der Waals surface area (Å²) in [6.07, 6.45) is 3.25. The summed E-state index contributed by atoms with van der Waals surface area (Å²) >= 11 is 0. The van der Waals surface area contributed by atoms with Crippen LogP contribution in [0.15, 0.2) is 12.4 Å². The molecule has 1 N–H and O–H groups in total. The fourth-order valence-corrected chi connectivity index (χ4v) is 1.77. The monoisotopic (exact) mass is 264 g/mol. The summed E-state index contributed by atoms with van der Waals surface area (Å²) in [5, 5.41) is 11.1. The lowest BCUT2D eigenvalue weighted by molar-refractivity contribution is 0.0526. The lowest BCUT2D eigenvalue weighted by atomic mass is 10.1. The predicted octanol–water partition coefficient (Wildman–Crippen LogP) is 1.36. The van der Waals surface area contributed by atoms with Gasteiger partial charge < -0.3 is 9.47 Å². The number of esters is 1. The van der Waals surface area contributed by atoms with E-state index < -0.39 is 5.97 Å². The summed E-state index contributed by atoms with van der Waals surface area (Å²) in [6, 6.07) is 0. The van der Waals surface area contributed by atoms with Crippen LogP contribution in [0.1, 0.15) is 23.0 Å². The topological polar surface area (TPSA) is 82.0 Å². The van der Waals surface area contributed by atoms with Crippen molar-refractivity contribution in [3.05, 3.63) is 23.7 Å². The van der Waals surface area contributed by atoms with E-state index in [0.717, 1.165) is 11.3 Å². The Morgan fingerprint density at radius 2 is 2.32 bits per heavy atom. The van der Waals surface area contributed by atoms with Crippen LogP contribution >= 0.6 is 0 Å². The van der Waals surface area contributed by atoms with Crippen molar-refractivity contribution >= 4 is 5.97 Å². The van der Waals surface area contributed by atoms with Gasteiger partial charge in [-0.05, 0) is 13.8 Å². The number of rotatable bonds is 5. The van der Waals surface area contributed by atoms with E-state index in [2.05, 4.69) is 15.3 Å². The van der Waals surface area contributed by atoms with Gasteiger partial charge in [0.25, 0.3) is 0 Å². The number of aryl methyl sites for hydroxylation is 1. The van der Waals surface area contributed by atoms with Gasteiger partial charge in [0.05, 0.1) is 12.8 Å². The first-order valence-electron chi connectivity index (χ1n) is 5.91. The van der Waals surface area contributed by atoms with Crippen molar-refractivity contribution in [1.29, 1.82) is 0 Å². The maximum atomic E-state index is 11.9. The van der Waals surface area contributed by atoms with E-state index in [0.29, 0.717) is 17.9 Å². The number of carbonyl (C=O) groups is 1. The predicted molar refractivity (Wildman–Crippen MR) is 67.5 cm³/mol. The van der Waals surface area contributed by atoms with Crippen LogP contribution < -0.4 is 0 Å². The molecule has 0 amide bonds. The summed E-state index contributed by atoms with van der Waals surface area (Å²) in [6.45, 7) is 4.22. The molecule has 102 valence electrons. The molecule has 0 radical (unpaired) electrons. The van der Waals surface area contributed by atoms with Gasteiger partial charge in [0.2, 0.25) is 0 Å². The van der Waals surface area contributed by atoms with Crippen molar-refractivity contribution in [2.45, 2.75) is 20.6 Å². The van der Waals surface area contributed by atoms with Crippen LogP contribution in [0, 0.1) is 6.92 Å². The van der Waals surface area contributed by atoms with Crippen LogP contribution in [0.5, 0.6) is 0 Å². The highest BCUT2D eigenvalue weighted by Crippen LogP contribution is 2.24. The van der Waals surface area contributed by atoms with Gasteiger partial charge in [-0.3, -0.25) is 5.10 Å². The van der Waals surface area contributed by atoms with Crippen LogP contribution in [0.3, 0.4) is 0 Å². The molecule has 0 saturated carbocycles. The number of nitrogens with one attached hydrogen (secondary N) is 1. The zero-order chi connectivity index (χ0) is 13.8. The van der Waals surface area contributed by atoms with E-state index in [1.165, 1.54) is 0 Å². The zero-order valence-corrected chi connectivity index (χ0v) is 11.1. The number of carbonyl (C=O) groups excluding carboxylic acids is 1. The Bertz CT molecular complexity index is 573. The molecule has 7 nitrogen and oxygen atoms in total. The molecule has 0 unspecified atom stereocenters. The van der Waals surface area contributed by atoms with Gasteiger partial charge in [0.15, 0.2) is 0 Å². The molecule has 0 spiro atoms. The van der Waals surface area contributed by atoms with Gasteiger partial charge in [0, 0.05) is 24.6 Å². The van der Waals surface area contributed by atoms with Gasteiger partial charge in [0.1, 0.15) is 18.0 Å². The van der Waals surface area contributed by atoms with Gasteiger partial charge in [-0.25, -0.2) is 9.48 Å². The molecule has 2 rings (SSSR count). The van der Waals surface area contributed by atoms with E-state index in [-0.39, 0.29) is 6.73 Å². The summed E-state index contributed by atoms with van der Waals surface area (Å²) in [5.41, 5.74) is 2.57. The van der Waals surface area contributed by atoms with Crippen LogP contribution in [0.2, 0.25) is 0 Å². The van der Waals surface area contributed by atoms with E-state index in [1.54, 1.807) is 31.1 Å². The maximum absolute atomic E-state index is 11.9. The molecule has 0 saturated heterocycles. The fraction of sp³-hybridized carbons (Fsp3) is 0.417. The minimum absolute atomic E-state index is 0.267. The number of hydrogen-bond donors (Lipinski definition) is 1. The molecule has 2 aromatic heterocycles. The Hall–Kier alpha value is -2.15. The number of H-pyrrole nitrogens is 1. The van der Waals surface area contributed by atoms with E-state index in [1.807, 2.05) is 6.92 Å². The number of nitrogens with zero attached hydrogens (tertiary/aromatic N) is 3. The third kappa shape index (κ3) is 2.65. The molecule has 0 aliphatic carbocycles. The number of aromatic amines is 1. The van der Waals surface area contributed by atoms with E-state index in [4.69, 9.17) is 9.47 Å². The smallest absolute Gasteiger partial charge is 0.341 e. The van der Waals surface area contributed by atoms with Crippen molar-refractivity contribution in [1.82, 2.24) is 20.0 Å². The van der Waals surface area contributed by atoms with Gasteiger partial charge in [-0.1, -0.05) is 0 Å². The highest BCUT2D eigenvalue weighted by atomic mass is 16.5. The second-order valence-electron chi connectivity index (χ2n) is 3.98. The second kappa shape index (κ2) is 5.66. The Labute approximate surface area is 110 Å².